The molecule has 4 nitrogen and oxygen atoms in total. The second-order valence-electron chi connectivity index (χ2n) is 6.95. The highest BCUT2D eigenvalue weighted by atomic mass is 35.5. The average molecular weight is 388 g/mol. The van der Waals surface area contributed by atoms with Crippen molar-refractivity contribution >= 4 is 23.5 Å². The van der Waals surface area contributed by atoms with Gasteiger partial charge in [-0.05, 0) is 62.7 Å². The second kappa shape index (κ2) is 6.98. The summed E-state index contributed by atoms with van der Waals surface area (Å²) in [5.41, 5.74) is 1.74. The first-order valence-corrected chi connectivity index (χ1v) is 9.29. The number of aryl methyl sites for hydroxylation is 1. The van der Waals surface area contributed by atoms with Gasteiger partial charge in [-0.15, -0.1) is 0 Å². The summed E-state index contributed by atoms with van der Waals surface area (Å²) in [4.78, 5) is 15.1. The Morgan fingerprint density at radius 1 is 1.33 bits per heavy atom. The summed E-state index contributed by atoms with van der Waals surface area (Å²) in [6.45, 7) is 4.15. The van der Waals surface area contributed by atoms with Gasteiger partial charge in [-0.3, -0.25) is 9.69 Å². The molecule has 0 spiro atoms. The normalized spacial score (nSPS) is 18.2. The quantitative estimate of drug-likeness (QED) is 0.775. The molecule has 1 fully saturated rings. The van der Waals surface area contributed by atoms with Crippen molar-refractivity contribution in [2.24, 2.45) is 0 Å². The van der Waals surface area contributed by atoms with Crippen LogP contribution in [0.25, 0.3) is 6.08 Å². The van der Waals surface area contributed by atoms with Gasteiger partial charge in [0.25, 0.3) is 0 Å². The molecule has 0 aliphatic carbocycles. The van der Waals surface area contributed by atoms with E-state index >= 15 is 0 Å². The number of hydrogen-bond acceptors (Lipinski definition) is 4. The highest BCUT2D eigenvalue weighted by Gasteiger charge is 2.34. The minimum absolute atomic E-state index is 0.00775. The van der Waals surface area contributed by atoms with Gasteiger partial charge in [0.2, 0.25) is 5.78 Å². The number of Topliss-reactive ketones (excluding diaryl/α,β-unsaturated/α-hetero) is 1. The van der Waals surface area contributed by atoms with Crippen molar-refractivity contribution < 1.29 is 19.0 Å². The first-order valence-electron chi connectivity index (χ1n) is 8.91. The number of allylic oxidation sites excluding steroid dienone is 1. The number of phenols is 1. The third kappa shape index (κ3) is 3.22. The van der Waals surface area contributed by atoms with E-state index in [4.69, 9.17) is 16.3 Å². The molecule has 2 heterocycles. The van der Waals surface area contributed by atoms with Gasteiger partial charge >= 0.3 is 0 Å². The number of hydrogen-bond donors (Lipinski definition) is 1. The van der Waals surface area contributed by atoms with Crippen LogP contribution in [0.2, 0.25) is 5.02 Å². The fraction of sp³-hybridized carbons (Fsp3) is 0.286. The van der Waals surface area contributed by atoms with E-state index in [1.54, 1.807) is 19.1 Å². The molecule has 1 N–H and O–H groups in total. The van der Waals surface area contributed by atoms with E-state index in [9.17, 15) is 14.3 Å². The average Bonchev–Trinajstić information content (AvgIpc) is 3.23. The van der Waals surface area contributed by atoms with E-state index in [2.05, 4.69) is 4.90 Å². The number of carbonyl (C=O) groups excluding carboxylic acids is 1. The highest BCUT2D eigenvalue weighted by Crippen LogP contribution is 2.42. The molecule has 0 radical (unpaired) electrons. The zero-order valence-electron chi connectivity index (χ0n) is 14.9. The van der Waals surface area contributed by atoms with Crippen LogP contribution in [0.3, 0.4) is 0 Å². The Kier molecular flexibility index (Phi) is 4.66. The molecule has 140 valence electrons. The second-order valence-corrected chi connectivity index (χ2v) is 7.36. The lowest BCUT2D eigenvalue weighted by Gasteiger charge is -2.18. The van der Waals surface area contributed by atoms with Crippen molar-refractivity contribution in [3.05, 3.63) is 63.1 Å². The molecule has 0 atom stereocenters. The molecule has 6 heteroatoms. The summed E-state index contributed by atoms with van der Waals surface area (Å²) < 4.78 is 19.9. The van der Waals surface area contributed by atoms with Crippen LogP contribution in [-0.2, 0) is 6.54 Å². The lowest BCUT2D eigenvalue weighted by molar-refractivity contribution is 0.101. The van der Waals surface area contributed by atoms with E-state index in [-0.39, 0.29) is 27.9 Å². The van der Waals surface area contributed by atoms with Gasteiger partial charge in [0.15, 0.2) is 5.76 Å². The molecule has 0 amide bonds. The Balaban J connectivity index is 1.77. The van der Waals surface area contributed by atoms with E-state index in [0.717, 1.165) is 25.9 Å². The minimum atomic E-state index is -0.529. The lowest BCUT2D eigenvalue weighted by Crippen LogP contribution is -2.19. The topological polar surface area (TPSA) is 49.8 Å². The van der Waals surface area contributed by atoms with E-state index in [1.165, 1.54) is 18.2 Å². The van der Waals surface area contributed by atoms with E-state index in [0.29, 0.717) is 29.0 Å². The third-order valence-corrected chi connectivity index (χ3v) is 5.41. The Morgan fingerprint density at radius 3 is 2.78 bits per heavy atom. The number of aromatic hydroxyl groups is 1. The van der Waals surface area contributed by atoms with Crippen LogP contribution < -0.4 is 4.74 Å². The zero-order valence-corrected chi connectivity index (χ0v) is 15.6. The molecular weight excluding hydrogens is 369 g/mol. The summed E-state index contributed by atoms with van der Waals surface area (Å²) >= 11 is 6.07. The van der Waals surface area contributed by atoms with Crippen LogP contribution in [0.5, 0.6) is 11.5 Å². The molecule has 2 aromatic carbocycles. The van der Waals surface area contributed by atoms with E-state index < -0.39 is 5.82 Å². The molecule has 2 aliphatic heterocycles. The summed E-state index contributed by atoms with van der Waals surface area (Å²) in [6, 6.07) is 5.92. The number of nitrogens with zero attached hydrogens (tertiary/aromatic N) is 1. The van der Waals surface area contributed by atoms with Gasteiger partial charge in [0.05, 0.1) is 16.1 Å². The SMILES string of the molecule is Cc1cc(O)c(CN2CCCC2)c2c1C(=O)/C(=C/c1c(F)cccc1Cl)O2. The van der Waals surface area contributed by atoms with Crippen molar-refractivity contribution in [3.8, 4) is 11.5 Å². The van der Waals surface area contributed by atoms with Gasteiger partial charge in [-0.25, -0.2) is 4.39 Å². The number of rotatable bonds is 3. The van der Waals surface area contributed by atoms with Crippen LogP contribution in [-0.4, -0.2) is 28.9 Å². The minimum Gasteiger partial charge on any atom is -0.507 e. The number of halogens is 2. The molecule has 0 aromatic heterocycles. The molecular formula is C21H19ClFNO3. The Hall–Kier alpha value is -2.37. The Labute approximate surface area is 161 Å². The fourth-order valence-electron chi connectivity index (χ4n) is 3.68. The number of phenolic OH excluding ortho intramolecular Hbond substituents is 1. The predicted octanol–water partition coefficient (Wildman–Crippen LogP) is 4.71. The summed E-state index contributed by atoms with van der Waals surface area (Å²) in [5, 5.41) is 10.6. The van der Waals surface area contributed by atoms with Crippen LogP contribution in [0.4, 0.5) is 4.39 Å². The maximum atomic E-state index is 14.1. The van der Waals surface area contributed by atoms with Crippen LogP contribution in [0.1, 0.15) is 39.9 Å². The van der Waals surface area contributed by atoms with Gasteiger partial charge in [0, 0.05) is 12.1 Å². The lowest BCUT2D eigenvalue weighted by atomic mass is 9.99. The molecule has 0 bridgehead atoms. The summed E-state index contributed by atoms with van der Waals surface area (Å²) in [5.74, 6) is -0.378. The number of ether oxygens (including phenoxy) is 1. The largest absolute Gasteiger partial charge is 0.507 e. The van der Waals surface area contributed by atoms with Crippen LogP contribution >= 0.6 is 11.6 Å². The summed E-state index contributed by atoms with van der Waals surface area (Å²) in [7, 11) is 0. The standard InChI is InChI=1S/C21H19ClFNO3/c1-12-9-17(25)14(11-24-7-2-3-8-24)21-19(12)20(26)18(27-21)10-13-15(22)5-4-6-16(13)23/h4-6,9-10,25H,2-3,7-8,11H2,1H3/b18-10-. The van der Waals surface area contributed by atoms with Crippen molar-refractivity contribution in [3.63, 3.8) is 0 Å². The van der Waals surface area contributed by atoms with E-state index in [1.807, 2.05) is 0 Å². The number of benzene rings is 2. The smallest absolute Gasteiger partial charge is 0.232 e. The van der Waals surface area contributed by atoms with Crippen LogP contribution in [0.15, 0.2) is 30.0 Å². The Morgan fingerprint density at radius 2 is 2.07 bits per heavy atom. The highest BCUT2D eigenvalue weighted by molar-refractivity contribution is 6.32. The fourth-order valence-corrected chi connectivity index (χ4v) is 3.89. The van der Waals surface area contributed by atoms with Crippen LogP contribution in [0, 0.1) is 12.7 Å². The Bertz CT molecular complexity index is 944. The van der Waals surface area contributed by atoms with Crippen molar-refractivity contribution in [1.82, 2.24) is 4.90 Å². The van der Waals surface area contributed by atoms with Crippen molar-refractivity contribution in [1.29, 1.82) is 0 Å². The molecule has 2 aromatic rings. The monoisotopic (exact) mass is 387 g/mol. The maximum Gasteiger partial charge on any atom is 0.232 e. The first kappa shape index (κ1) is 18.0. The van der Waals surface area contributed by atoms with Gasteiger partial charge < -0.3 is 9.84 Å². The van der Waals surface area contributed by atoms with Gasteiger partial charge in [-0.2, -0.15) is 0 Å². The zero-order chi connectivity index (χ0) is 19.1. The molecule has 1 saturated heterocycles. The number of carbonyl (C=O) groups is 1. The maximum absolute atomic E-state index is 14.1. The molecule has 27 heavy (non-hydrogen) atoms. The number of fused-ring (bicyclic) bond motifs is 1. The molecule has 2 aliphatic rings. The number of likely N-dealkylation sites (tertiary alicyclic amines) is 1. The van der Waals surface area contributed by atoms with Crippen molar-refractivity contribution in [2.45, 2.75) is 26.3 Å². The van der Waals surface area contributed by atoms with Crippen molar-refractivity contribution in [2.75, 3.05) is 13.1 Å². The van der Waals surface area contributed by atoms with Gasteiger partial charge in [-0.1, -0.05) is 17.7 Å². The molecule has 0 unspecified atom stereocenters. The molecule has 4 rings (SSSR count). The first-order chi connectivity index (χ1) is 13.0. The molecule has 0 saturated carbocycles. The number of ketones is 1. The van der Waals surface area contributed by atoms with Gasteiger partial charge in [0.1, 0.15) is 17.3 Å². The predicted molar refractivity (Wildman–Crippen MR) is 102 cm³/mol. The summed E-state index contributed by atoms with van der Waals surface area (Å²) in [6.07, 6.45) is 3.56. The third-order valence-electron chi connectivity index (χ3n) is 5.08.